The van der Waals surface area contributed by atoms with Crippen molar-refractivity contribution in [1.29, 1.82) is 5.26 Å². The summed E-state index contributed by atoms with van der Waals surface area (Å²) in [5, 5.41) is 27.4. The second kappa shape index (κ2) is 13.7. The quantitative estimate of drug-likeness (QED) is 0.0702. The summed E-state index contributed by atoms with van der Waals surface area (Å²) in [7, 11) is -14.5. The fraction of sp³-hybridized carbons (Fsp3) is 0.0769. The van der Waals surface area contributed by atoms with E-state index in [-0.39, 0.29) is 22.5 Å². The number of amides is 2. The Labute approximate surface area is 271 Å². The van der Waals surface area contributed by atoms with Gasteiger partial charge in [-0.3, -0.25) is 33.9 Å². The molecule has 48 heavy (non-hydrogen) atoms. The van der Waals surface area contributed by atoms with Crippen LogP contribution in [0.25, 0.3) is 12.2 Å². The molecule has 0 atom stereocenters. The number of aliphatic imine (C=N–C) groups is 1. The zero-order valence-electron chi connectivity index (χ0n) is 23.9. The standard InChI is InChI=1S/C26H20N8O11S3/c1-14-2-3-15(20(10-14)46(37,38)39)4-5-16-6-7-17(11-21(16)47(40,41)42)31-32-18-8-9-19(22(12-18)48(43,44)45)33-34-23-24(35)29-26(28-13-27)30-25(23)36/h2-12,23H,1H3,(H,37,38,39)(H,40,41,42)(H,43,44,45)(H2,28,29,30,35,36)/b5-4+,32-31?,34-33?. The monoisotopic (exact) mass is 716 g/mol. The first-order valence-corrected chi connectivity index (χ1v) is 17.1. The molecule has 0 saturated carbocycles. The van der Waals surface area contributed by atoms with Crippen LogP contribution in [-0.4, -0.2) is 62.7 Å². The van der Waals surface area contributed by atoms with Crippen molar-refractivity contribution in [2.75, 3.05) is 0 Å². The van der Waals surface area contributed by atoms with Crippen molar-refractivity contribution >= 4 is 77.3 Å². The second-order valence-electron chi connectivity index (χ2n) is 9.53. The van der Waals surface area contributed by atoms with Gasteiger partial charge in [0.1, 0.15) is 20.4 Å². The zero-order valence-corrected chi connectivity index (χ0v) is 26.4. The second-order valence-corrected chi connectivity index (χ2v) is 13.7. The van der Waals surface area contributed by atoms with E-state index in [1.807, 2.05) is 0 Å². The minimum Gasteiger partial charge on any atom is -0.293 e. The highest BCUT2D eigenvalue weighted by Crippen LogP contribution is 2.32. The van der Waals surface area contributed by atoms with Crippen molar-refractivity contribution in [1.82, 2.24) is 10.6 Å². The molecular weight excluding hydrogens is 697 g/mol. The predicted octanol–water partition coefficient (Wildman–Crippen LogP) is 2.86. The number of carbonyl (C=O) groups is 2. The van der Waals surface area contributed by atoms with Crippen molar-refractivity contribution in [3.8, 4) is 6.19 Å². The number of aryl methyl sites for hydroxylation is 1. The molecule has 1 fully saturated rings. The van der Waals surface area contributed by atoms with Gasteiger partial charge in [0, 0.05) is 0 Å². The number of azo groups is 2. The number of guanidine groups is 1. The van der Waals surface area contributed by atoms with Crippen molar-refractivity contribution in [2.24, 2.45) is 25.4 Å². The molecule has 0 bridgehead atoms. The van der Waals surface area contributed by atoms with Gasteiger partial charge in [-0.25, -0.2) is 0 Å². The molecule has 3 aromatic rings. The molecule has 0 radical (unpaired) electrons. The van der Waals surface area contributed by atoms with Gasteiger partial charge in [-0.1, -0.05) is 30.4 Å². The fourth-order valence-electron chi connectivity index (χ4n) is 3.95. The predicted molar refractivity (Wildman–Crippen MR) is 164 cm³/mol. The lowest BCUT2D eigenvalue weighted by Crippen LogP contribution is -2.58. The molecule has 1 aliphatic rings. The topological polar surface area (TPSA) is 307 Å². The van der Waals surface area contributed by atoms with E-state index < -0.39 is 74.5 Å². The molecule has 0 aromatic heterocycles. The highest BCUT2D eigenvalue weighted by Gasteiger charge is 2.34. The van der Waals surface area contributed by atoms with Crippen LogP contribution in [-0.2, 0) is 39.9 Å². The molecular formula is C26H20N8O11S3. The first-order valence-electron chi connectivity index (χ1n) is 12.8. The maximum Gasteiger partial charge on any atom is 0.296 e. The summed E-state index contributed by atoms with van der Waals surface area (Å²) in [6.07, 6.45) is 3.74. The van der Waals surface area contributed by atoms with Gasteiger partial charge < -0.3 is 0 Å². The van der Waals surface area contributed by atoms with Crippen LogP contribution < -0.4 is 10.6 Å². The first kappa shape index (κ1) is 35.3. The number of benzene rings is 3. The SMILES string of the molecule is Cc1ccc(/C=C/c2ccc(N=Nc3ccc(N=NC4C(=O)NC(=NC#N)NC4=O)c(S(=O)(=O)O)c3)cc2S(=O)(=O)O)c(S(=O)(=O)O)c1. The van der Waals surface area contributed by atoms with Crippen molar-refractivity contribution in [3.63, 3.8) is 0 Å². The van der Waals surface area contributed by atoms with Crippen LogP contribution in [0.2, 0.25) is 0 Å². The molecule has 0 unspecified atom stereocenters. The average molecular weight is 717 g/mol. The maximum atomic E-state index is 12.1. The summed E-state index contributed by atoms with van der Waals surface area (Å²) in [4.78, 5) is 25.5. The van der Waals surface area contributed by atoms with Gasteiger partial charge in [-0.2, -0.15) is 51.0 Å². The molecule has 5 N–H and O–H groups in total. The third-order valence-corrected chi connectivity index (χ3v) is 8.79. The fourth-order valence-corrected chi connectivity index (χ4v) is 6.06. The van der Waals surface area contributed by atoms with Crippen LogP contribution >= 0.6 is 0 Å². The Hall–Kier alpha value is -5.57. The number of hydrogen-bond acceptors (Lipinski definition) is 14. The minimum atomic E-state index is -5.00. The molecule has 1 heterocycles. The summed E-state index contributed by atoms with van der Waals surface area (Å²) in [5.41, 5.74) is -0.419. The number of nitriles is 1. The molecule has 0 spiro atoms. The Morgan fingerprint density at radius 3 is 1.71 bits per heavy atom. The van der Waals surface area contributed by atoms with Crippen molar-refractivity contribution < 1.29 is 48.5 Å². The van der Waals surface area contributed by atoms with Crippen LogP contribution in [0.5, 0.6) is 0 Å². The first-order chi connectivity index (χ1) is 22.4. The molecule has 0 aliphatic carbocycles. The molecule has 1 saturated heterocycles. The summed E-state index contributed by atoms with van der Waals surface area (Å²) in [6.45, 7) is 1.60. The van der Waals surface area contributed by atoms with E-state index in [2.05, 4.69) is 36.1 Å². The van der Waals surface area contributed by atoms with Crippen molar-refractivity contribution in [2.45, 2.75) is 27.7 Å². The number of carbonyl (C=O) groups excluding carboxylic acids is 2. The van der Waals surface area contributed by atoms with Crippen LogP contribution in [0.3, 0.4) is 0 Å². The van der Waals surface area contributed by atoms with Gasteiger partial charge in [0.25, 0.3) is 42.2 Å². The van der Waals surface area contributed by atoms with Gasteiger partial charge in [0.15, 0.2) is 0 Å². The van der Waals surface area contributed by atoms with E-state index in [4.69, 9.17) is 5.26 Å². The molecule has 4 rings (SSSR count). The number of hydrogen-bond donors (Lipinski definition) is 5. The minimum absolute atomic E-state index is 0.0234. The highest BCUT2D eigenvalue weighted by atomic mass is 32.2. The third-order valence-electron chi connectivity index (χ3n) is 6.09. The lowest BCUT2D eigenvalue weighted by Gasteiger charge is -2.18. The average Bonchev–Trinajstić information content (AvgIpc) is 2.98. The van der Waals surface area contributed by atoms with Gasteiger partial charge in [0.05, 0.1) is 11.4 Å². The lowest BCUT2D eigenvalue weighted by molar-refractivity contribution is -0.131. The summed E-state index contributed by atoms with van der Waals surface area (Å²) < 4.78 is 101. The molecule has 248 valence electrons. The molecule has 1 aliphatic heterocycles. The largest absolute Gasteiger partial charge is 0.296 e. The van der Waals surface area contributed by atoms with E-state index in [1.54, 1.807) is 13.0 Å². The van der Waals surface area contributed by atoms with Gasteiger partial charge >= 0.3 is 0 Å². The molecule has 2 amide bonds. The van der Waals surface area contributed by atoms with Crippen molar-refractivity contribution in [3.05, 3.63) is 71.3 Å². The summed E-state index contributed by atoms with van der Waals surface area (Å²) in [5.74, 6) is -2.50. The molecule has 22 heteroatoms. The number of rotatable bonds is 9. The maximum absolute atomic E-state index is 12.1. The Bertz CT molecular complexity index is 2330. The summed E-state index contributed by atoms with van der Waals surface area (Å²) >= 11 is 0. The smallest absolute Gasteiger partial charge is 0.293 e. The normalized spacial score (nSPS) is 15.9. The Kier molecular flexibility index (Phi) is 10.0. The number of nitrogens with one attached hydrogen (secondary N) is 2. The van der Waals surface area contributed by atoms with Gasteiger partial charge in [-0.15, -0.1) is 4.99 Å². The zero-order chi connectivity index (χ0) is 35.4. The molecule has 19 nitrogen and oxygen atoms in total. The Balaban J connectivity index is 1.64. The lowest BCUT2D eigenvalue weighted by atomic mass is 10.1. The van der Waals surface area contributed by atoms with E-state index in [0.717, 1.165) is 24.3 Å². The van der Waals surface area contributed by atoms with Gasteiger partial charge in [0.2, 0.25) is 18.2 Å². The third kappa shape index (κ3) is 8.61. The van der Waals surface area contributed by atoms with E-state index in [1.165, 1.54) is 42.6 Å². The van der Waals surface area contributed by atoms with Crippen LogP contribution in [0, 0.1) is 18.4 Å². The van der Waals surface area contributed by atoms with Gasteiger partial charge in [-0.05, 0) is 60.0 Å². The van der Waals surface area contributed by atoms with Crippen LogP contribution in [0.1, 0.15) is 16.7 Å². The molecule has 3 aromatic carbocycles. The summed E-state index contributed by atoms with van der Waals surface area (Å²) in [6, 6.07) is 8.69. The van der Waals surface area contributed by atoms with E-state index >= 15 is 0 Å². The Morgan fingerprint density at radius 1 is 0.708 bits per heavy atom. The highest BCUT2D eigenvalue weighted by molar-refractivity contribution is 7.86. The van der Waals surface area contributed by atoms with E-state index in [0.29, 0.717) is 5.56 Å². The van der Waals surface area contributed by atoms with Crippen LogP contribution in [0.15, 0.2) is 94.7 Å². The van der Waals surface area contributed by atoms with Crippen LogP contribution in [0.4, 0.5) is 17.1 Å². The number of nitrogens with zero attached hydrogens (tertiary/aromatic N) is 6. The van der Waals surface area contributed by atoms with E-state index in [9.17, 15) is 48.5 Å². The Morgan fingerprint density at radius 2 is 1.19 bits per heavy atom.